The van der Waals surface area contributed by atoms with Gasteiger partial charge in [-0.05, 0) is 17.7 Å². The number of rotatable bonds is 0. The maximum Gasteiger partial charge on any atom is 0.242 e. The molecule has 1 aromatic rings. The van der Waals surface area contributed by atoms with Crippen molar-refractivity contribution in [2.45, 2.75) is 6.42 Å². The number of benzene rings is 1. The molecule has 62 valence electrons. The molecule has 2 rings (SSSR count). The van der Waals surface area contributed by atoms with E-state index in [9.17, 15) is 4.79 Å². The van der Waals surface area contributed by atoms with Crippen LogP contribution in [0.2, 0.25) is 0 Å². The molecule has 0 bridgehead atoms. The zero-order valence-electron chi connectivity index (χ0n) is 6.23. The van der Waals surface area contributed by atoms with Crippen LogP contribution in [-0.4, -0.2) is 5.91 Å². The van der Waals surface area contributed by atoms with Crippen LogP contribution in [0.25, 0.3) is 0 Å². The van der Waals surface area contributed by atoms with E-state index in [2.05, 4.69) is 26.8 Å². The molecule has 1 heterocycles. The summed E-state index contributed by atoms with van der Waals surface area (Å²) in [6, 6.07) is 5.80. The third kappa shape index (κ3) is 1.30. The molecule has 1 aliphatic heterocycles. The largest absolute Gasteiger partial charge is 0.298 e. The monoisotopic (exact) mass is 226 g/mol. The molecule has 1 amide bonds. The van der Waals surface area contributed by atoms with Gasteiger partial charge < -0.3 is 0 Å². The fraction of sp³-hybridized carbons (Fsp3) is 0.125. The van der Waals surface area contributed by atoms with E-state index in [1.165, 1.54) is 0 Å². The van der Waals surface area contributed by atoms with Crippen LogP contribution in [0.1, 0.15) is 5.56 Å². The van der Waals surface area contributed by atoms with Gasteiger partial charge in [-0.1, -0.05) is 22.0 Å². The Labute approximate surface area is 78.3 Å². The number of nitrogens with one attached hydrogen (secondary N) is 2. The SMILES string of the molecule is O=C1Cc2ccc(Br)cc2NN1. The molecule has 0 spiro atoms. The van der Waals surface area contributed by atoms with Crippen LogP contribution in [0.4, 0.5) is 5.69 Å². The topological polar surface area (TPSA) is 41.1 Å². The predicted octanol–water partition coefficient (Wildman–Crippen LogP) is 1.45. The van der Waals surface area contributed by atoms with Crippen LogP contribution >= 0.6 is 15.9 Å². The maximum atomic E-state index is 10.9. The highest BCUT2D eigenvalue weighted by Gasteiger charge is 2.13. The fourth-order valence-corrected chi connectivity index (χ4v) is 1.53. The Morgan fingerprint density at radius 2 is 2.17 bits per heavy atom. The van der Waals surface area contributed by atoms with Crippen LogP contribution in [0.5, 0.6) is 0 Å². The van der Waals surface area contributed by atoms with Gasteiger partial charge in [0.25, 0.3) is 0 Å². The van der Waals surface area contributed by atoms with E-state index in [4.69, 9.17) is 0 Å². The molecular weight excluding hydrogens is 220 g/mol. The average Bonchev–Trinajstić information content (AvgIpc) is 2.05. The Bertz CT molecular complexity index is 338. The predicted molar refractivity (Wildman–Crippen MR) is 49.6 cm³/mol. The number of amides is 1. The summed E-state index contributed by atoms with van der Waals surface area (Å²) >= 11 is 3.35. The number of fused-ring (bicyclic) bond motifs is 1. The van der Waals surface area contributed by atoms with Crippen molar-refractivity contribution >= 4 is 27.5 Å². The van der Waals surface area contributed by atoms with Crippen molar-refractivity contribution in [3.05, 3.63) is 28.2 Å². The Balaban J connectivity index is 2.43. The van der Waals surface area contributed by atoms with Gasteiger partial charge in [-0.25, -0.2) is 0 Å². The Morgan fingerprint density at radius 3 is 3.00 bits per heavy atom. The number of hydrazine groups is 1. The summed E-state index contributed by atoms with van der Waals surface area (Å²) in [6.45, 7) is 0. The molecule has 0 aromatic heterocycles. The molecule has 0 aliphatic carbocycles. The van der Waals surface area contributed by atoms with Gasteiger partial charge in [0.05, 0.1) is 12.1 Å². The fourth-order valence-electron chi connectivity index (χ4n) is 1.17. The molecule has 0 fully saturated rings. The van der Waals surface area contributed by atoms with Gasteiger partial charge in [0.1, 0.15) is 0 Å². The van der Waals surface area contributed by atoms with E-state index in [1.807, 2.05) is 18.2 Å². The second-order valence-electron chi connectivity index (χ2n) is 2.65. The summed E-state index contributed by atoms with van der Waals surface area (Å²) in [7, 11) is 0. The number of halogens is 1. The third-order valence-electron chi connectivity index (χ3n) is 1.76. The quantitative estimate of drug-likeness (QED) is 0.704. The van der Waals surface area contributed by atoms with E-state index in [1.54, 1.807) is 0 Å². The average molecular weight is 227 g/mol. The lowest BCUT2D eigenvalue weighted by Gasteiger charge is -2.18. The van der Waals surface area contributed by atoms with E-state index in [0.717, 1.165) is 15.7 Å². The number of hydrogen-bond donors (Lipinski definition) is 2. The van der Waals surface area contributed by atoms with Gasteiger partial charge in [0.2, 0.25) is 5.91 Å². The van der Waals surface area contributed by atoms with Crippen LogP contribution in [0.3, 0.4) is 0 Å². The second-order valence-corrected chi connectivity index (χ2v) is 3.57. The van der Waals surface area contributed by atoms with Gasteiger partial charge >= 0.3 is 0 Å². The van der Waals surface area contributed by atoms with Crippen molar-refractivity contribution < 1.29 is 4.79 Å². The molecule has 12 heavy (non-hydrogen) atoms. The highest BCUT2D eigenvalue weighted by atomic mass is 79.9. The lowest BCUT2D eigenvalue weighted by atomic mass is 10.1. The van der Waals surface area contributed by atoms with Gasteiger partial charge in [0.15, 0.2) is 0 Å². The first kappa shape index (κ1) is 7.61. The summed E-state index contributed by atoms with van der Waals surface area (Å²) in [5.74, 6) is 0.00447. The molecule has 1 aliphatic rings. The summed E-state index contributed by atoms with van der Waals surface area (Å²) in [6.07, 6.45) is 0.454. The van der Waals surface area contributed by atoms with E-state index in [-0.39, 0.29) is 5.91 Å². The zero-order valence-corrected chi connectivity index (χ0v) is 7.81. The summed E-state index contributed by atoms with van der Waals surface area (Å²) < 4.78 is 1.00. The Kier molecular flexibility index (Phi) is 1.77. The van der Waals surface area contributed by atoms with Crippen molar-refractivity contribution in [2.24, 2.45) is 0 Å². The number of carbonyl (C=O) groups is 1. The van der Waals surface area contributed by atoms with Crippen molar-refractivity contribution in [2.75, 3.05) is 5.43 Å². The highest BCUT2D eigenvalue weighted by molar-refractivity contribution is 9.10. The van der Waals surface area contributed by atoms with Crippen molar-refractivity contribution in [1.82, 2.24) is 5.43 Å². The lowest BCUT2D eigenvalue weighted by Crippen LogP contribution is -2.35. The maximum absolute atomic E-state index is 10.9. The minimum Gasteiger partial charge on any atom is -0.298 e. The molecule has 0 atom stereocenters. The van der Waals surface area contributed by atoms with Crippen molar-refractivity contribution in [3.63, 3.8) is 0 Å². The molecule has 3 nitrogen and oxygen atoms in total. The van der Waals surface area contributed by atoms with Gasteiger partial charge in [-0.3, -0.25) is 15.6 Å². The molecule has 0 saturated carbocycles. The van der Waals surface area contributed by atoms with Gasteiger partial charge in [-0.15, -0.1) is 0 Å². The normalized spacial score (nSPS) is 14.6. The van der Waals surface area contributed by atoms with Crippen LogP contribution in [0.15, 0.2) is 22.7 Å². The summed E-state index contributed by atoms with van der Waals surface area (Å²) in [4.78, 5) is 10.9. The summed E-state index contributed by atoms with van der Waals surface area (Å²) in [5, 5.41) is 0. The Hall–Kier alpha value is -1.03. The number of anilines is 1. The van der Waals surface area contributed by atoms with E-state index < -0.39 is 0 Å². The van der Waals surface area contributed by atoms with E-state index >= 15 is 0 Å². The van der Waals surface area contributed by atoms with Crippen molar-refractivity contribution in [1.29, 1.82) is 0 Å². The van der Waals surface area contributed by atoms with E-state index in [0.29, 0.717) is 6.42 Å². The minimum absolute atomic E-state index is 0.00447. The molecule has 0 radical (unpaired) electrons. The van der Waals surface area contributed by atoms with Gasteiger partial charge in [0, 0.05) is 4.47 Å². The van der Waals surface area contributed by atoms with Crippen molar-refractivity contribution in [3.8, 4) is 0 Å². The number of carbonyl (C=O) groups excluding carboxylic acids is 1. The molecule has 1 aromatic carbocycles. The van der Waals surface area contributed by atoms with Gasteiger partial charge in [-0.2, -0.15) is 0 Å². The number of hydrogen-bond acceptors (Lipinski definition) is 2. The third-order valence-corrected chi connectivity index (χ3v) is 2.25. The first-order valence-electron chi connectivity index (χ1n) is 3.59. The van der Waals surface area contributed by atoms with Crippen LogP contribution < -0.4 is 10.9 Å². The molecule has 4 heteroatoms. The Morgan fingerprint density at radius 1 is 1.33 bits per heavy atom. The first-order chi connectivity index (χ1) is 5.75. The standard InChI is InChI=1S/C8H7BrN2O/c9-6-2-1-5-3-8(12)11-10-7(5)4-6/h1-2,4,10H,3H2,(H,11,12). The smallest absolute Gasteiger partial charge is 0.242 e. The van der Waals surface area contributed by atoms with Crippen LogP contribution in [0, 0.1) is 0 Å². The highest BCUT2D eigenvalue weighted by Crippen LogP contribution is 2.22. The second kappa shape index (κ2) is 2.79. The molecule has 0 saturated heterocycles. The molecular formula is C8H7BrN2O. The lowest BCUT2D eigenvalue weighted by molar-refractivity contribution is -0.120. The molecule has 2 N–H and O–H groups in total. The first-order valence-corrected chi connectivity index (χ1v) is 4.38. The zero-order chi connectivity index (χ0) is 8.55. The minimum atomic E-state index is 0.00447. The van der Waals surface area contributed by atoms with Crippen LogP contribution in [-0.2, 0) is 11.2 Å². The molecule has 0 unspecified atom stereocenters. The summed E-state index contributed by atoms with van der Waals surface area (Å²) in [5.41, 5.74) is 7.37.